The zero-order valence-electron chi connectivity index (χ0n) is 8.47. The molecule has 76 valence electrons. The molecule has 0 rings (SSSR count). The number of rotatable bonds is 5. The lowest BCUT2D eigenvalue weighted by molar-refractivity contribution is -0.142. The second-order valence-electron chi connectivity index (χ2n) is 3.71. The van der Waals surface area contributed by atoms with Crippen LogP contribution in [-0.2, 0) is 9.53 Å². The highest BCUT2D eigenvalue weighted by Crippen LogP contribution is 2.18. The summed E-state index contributed by atoms with van der Waals surface area (Å²) >= 11 is 6.13. The van der Waals surface area contributed by atoms with Crippen LogP contribution in [0.2, 0.25) is 19.1 Å². The van der Waals surface area contributed by atoms with E-state index in [-0.39, 0.29) is 12.1 Å². The van der Waals surface area contributed by atoms with Crippen molar-refractivity contribution in [1.82, 2.24) is 0 Å². The molecular formula is C9H17ClO2Si. The molecule has 0 saturated carbocycles. The van der Waals surface area contributed by atoms with Gasteiger partial charge in [0.2, 0.25) is 0 Å². The van der Waals surface area contributed by atoms with Gasteiger partial charge in [0.1, 0.15) is 0 Å². The van der Waals surface area contributed by atoms with E-state index in [2.05, 4.69) is 19.7 Å². The first-order chi connectivity index (χ1) is 5.85. The van der Waals surface area contributed by atoms with Crippen molar-refractivity contribution >= 4 is 24.4 Å². The van der Waals surface area contributed by atoms with Crippen LogP contribution in [0.1, 0.15) is 13.3 Å². The van der Waals surface area contributed by atoms with Gasteiger partial charge in [-0.2, -0.15) is 11.1 Å². The quantitative estimate of drug-likeness (QED) is 0.308. The fraction of sp³-hybridized carbons (Fsp3) is 0.667. The van der Waals surface area contributed by atoms with Crippen molar-refractivity contribution in [2.75, 3.05) is 0 Å². The number of ether oxygens (including phenoxy) is 1. The van der Waals surface area contributed by atoms with Gasteiger partial charge in [-0.3, -0.25) is 0 Å². The minimum Gasteiger partial charge on any atom is -0.460 e. The second-order valence-corrected chi connectivity index (χ2v) is 10.7. The van der Waals surface area contributed by atoms with Gasteiger partial charge in [0.15, 0.2) is 7.38 Å². The molecule has 0 bridgehead atoms. The van der Waals surface area contributed by atoms with Crippen molar-refractivity contribution in [1.29, 1.82) is 0 Å². The minimum atomic E-state index is -1.53. The zero-order valence-corrected chi connectivity index (χ0v) is 10.2. The van der Waals surface area contributed by atoms with E-state index >= 15 is 0 Å². The van der Waals surface area contributed by atoms with E-state index in [0.29, 0.717) is 0 Å². The normalized spacial score (nSPS) is 13.5. The van der Waals surface area contributed by atoms with Crippen molar-refractivity contribution in [3.05, 3.63) is 12.7 Å². The topological polar surface area (TPSA) is 26.3 Å². The van der Waals surface area contributed by atoms with Crippen molar-refractivity contribution in [2.45, 2.75) is 38.6 Å². The maximum Gasteiger partial charge on any atom is 0.330 e. The molecule has 2 nitrogen and oxygen atoms in total. The number of esters is 1. The Bertz CT molecular complexity index is 187. The van der Waals surface area contributed by atoms with E-state index in [1.807, 2.05) is 6.92 Å². The Hall–Kier alpha value is -0.283. The number of hydrogen-bond acceptors (Lipinski definition) is 2. The highest BCUT2D eigenvalue weighted by atomic mass is 35.6. The Morgan fingerprint density at radius 1 is 1.69 bits per heavy atom. The average molecular weight is 221 g/mol. The molecule has 0 amide bonds. The van der Waals surface area contributed by atoms with Crippen LogP contribution < -0.4 is 0 Å². The number of carbonyl (C=O) groups is 1. The van der Waals surface area contributed by atoms with Crippen LogP contribution in [0.25, 0.3) is 0 Å². The molecule has 0 N–H and O–H groups in total. The van der Waals surface area contributed by atoms with Crippen LogP contribution in [0, 0.1) is 0 Å². The van der Waals surface area contributed by atoms with Gasteiger partial charge in [0.25, 0.3) is 0 Å². The summed E-state index contributed by atoms with van der Waals surface area (Å²) in [6.45, 7) is 9.36. The summed E-state index contributed by atoms with van der Waals surface area (Å²) in [6.07, 6.45) is 1.96. The van der Waals surface area contributed by atoms with Gasteiger partial charge in [0, 0.05) is 6.08 Å². The van der Waals surface area contributed by atoms with Crippen LogP contribution in [0.4, 0.5) is 0 Å². The fourth-order valence-electron chi connectivity index (χ4n) is 0.852. The summed E-state index contributed by atoms with van der Waals surface area (Å²) in [4.78, 5) is 10.8. The smallest absolute Gasteiger partial charge is 0.330 e. The summed E-state index contributed by atoms with van der Waals surface area (Å²) in [5, 5.41) is 0. The molecule has 0 heterocycles. The van der Waals surface area contributed by atoms with E-state index in [1.165, 1.54) is 6.08 Å². The fourth-order valence-corrected chi connectivity index (χ4v) is 2.27. The van der Waals surface area contributed by atoms with Gasteiger partial charge in [-0.05, 0) is 19.4 Å². The Balaban J connectivity index is 3.69. The Labute approximate surface area is 85.6 Å². The SMILES string of the molecule is C=CC(=O)OC(C)CC[Si](C)(C)Cl. The molecule has 1 atom stereocenters. The first-order valence-corrected chi connectivity index (χ1v) is 8.59. The monoisotopic (exact) mass is 220 g/mol. The maximum atomic E-state index is 10.8. The lowest BCUT2D eigenvalue weighted by Gasteiger charge is -2.16. The van der Waals surface area contributed by atoms with Crippen LogP contribution in [-0.4, -0.2) is 19.5 Å². The highest BCUT2D eigenvalue weighted by Gasteiger charge is 2.18. The number of carbonyl (C=O) groups excluding carboxylic acids is 1. The lowest BCUT2D eigenvalue weighted by atomic mass is 10.3. The van der Waals surface area contributed by atoms with E-state index in [9.17, 15) is 4.79 Å². The van der Waals surface area contributed by atoms with Gasteiger partial charge in [-0.15, -0.1) is 0 Å². The van der Waals surface area contributed by atoms with Crippen molar-refractivity contribution in [3.8, 4) is 0 Å². The molecule has 0 aliphatic carbocycles. The molecular weight excluding hydrogens is 204 g/mol. The minimum absolute atomic E-state index is 0.0592. The van der Waals surface area contributed by atoms with E-state index in [1.54, 1.807) is 0 Å². The zero-order chi connectivity index (χ0) is 10.5. The van der Waals surface area contributed by atoms with E-state index in [0.717, 1.165) is 12.5 Å². The third kappa shape index (κ3) is 8.06. The predicted molar refractivity (Wildman–Crippen MR) is 58.5 cm³/mol. The third-order valence-corrected chi connectivity index (χ3v) is 3.67. The average Bonchev–Trinajstić information content (AvgIpc) is 1.99. The summed E-state index contributed by atoms with van der Waals surface area (Å²) in [5.74, 6) is -0.360. The lowest BCUT2D eigenvalue weighted by Crippen LogP contribution is -2.20. The molecule has 0 aliphatic heterocycles. The van der Waals surface area contributed by atoms with Gasteiger partial charge >= 0.3 is 5.97 Å². The Kier molecular flexibility index (Phi) is 5.33. The van der Waals surface area contributed by atoms with Crippen molar-refractivity contribution in [3.63, 3.8) is 0 Å². The van der Waals surface area contributed by atoms with Gasteiger partial charge in [-0.1, -0.05) is 19.7 Å². The molecule has 13 heavy (non-hydrogen) atoms. The van der Waals surface area contributed by atoms with E-state index in [4.69, 9.17) is 15.8 Å². The maximum absolute atomic E-state index is 10.8. The predicted octanol–water partition coefficient (Wildman–Crippen LogP) is 2.94. The molecule has 0 fully saturated rings. The molecule has 0 aliphatic rings. The van der Waals surface area contributed by atoms with Crippen LogP contribution in [0.5, 0.6) is 0 Å². The molecule has 0 radical (unpaired) electrons. The Morgan fingerprint density at radius 2 is 2.23 bits per heavy atom. The van der Waals surface area contributed by atoms with Crippen molar-refractivity contribution in [2.24, 2.45) is 0 Å². The molecule has 1 unspecified atom stereocenters. The van der Waals surface area contributed by atoms with Crippen LogP contribution in [0.15, 0.2) is 12.7 Å². The summed E-state index contributed by atoms with van der Waals surface area (Å²) in [6, 6.07) is 0.958. The van der Waals surface area contributed by atoms with Crippen molar-refractivity contribution < 1.29 is 9.53 Å². The third-order valence-electron chi connectivity index (χ3n) is 1.63. The molecule has 0 aromatic rings. The van der Waals surface area contributed by atoms with E-state index < -0.39 is 7.38 Å². The first kappa shape index (κ1) is 12.7. The molecule has 0 aromatic carbocycles. The standard InChI is InChI=1S/C9H17ClO2Si/c1-5-9(11)12-8(2)6-7-13(3,4)10/h5,8H,1,6-7H2,2-4H3. The van der Waals surface area contributed by atoms with Crippen LogP contribution in [0.3, 0.4) is 0 Å². The number of halogens is 1. The summed E-state index contributed by atoms with van der Waals surface area (Å²) < 4.78 is 5.00. The molecule has 0 aromatic heterocycles. The summed E-state index contributed by atoms with van der Waals surface area (Å²) in [7, 11) is -1.53. The number of hydrogen-bond donors (Lipinski definition) is 0. The molecule has 4 heteroatoms. The largest absolute Gasteiger partial charge is 0.460 e. The van der Waals surface area contributed by atoms with Crippen LogP contribution >= 0.6 is 11.1 Å². The second kappa shape index (κ2) is 5.45. The highest BCUT2D eigenvalue weighted by molar-refractivity contribution is 7.19. The summed E-state index contributed by atoms with van der Waals surface area (Å²) in [5.41, 5.74) is 0. The van der Waals surface area contributed by atoms with Gasteiger partial charge < -0.3 is 4.74 Å². The van der Waals surface area contributed by atoms with Gasteiger partial charge in [-0.25, -0.2) is 4.79 Å². The molecule has 0 spiro atoms. The molecule has 0 saturated heterocycles. The first-order valence-electron chi connectivity index (χ1n) is 4.37. The Morgan fingerprint density at radius 3 is 2.62 bits per heavy atom. The van der Waals surface area contributed by atoms with Gasteiger partial charge in [0.05, 0.1) is 6.10 Å².